The van der Waals surface area contributed by atoms with E-state index < -0.39 is 0 Å². The standard InChI is InChI=1S/C62H79NO2/c1-42(39-59(3,4)5)31-44-15-17-45(18-16-44)33-46-19-21-47(22-20-46)34-48-23-25-49(26-24-48)35-50-27-29-53(30-28-50)63(40-51-32-43(2)57(64)54(36-51)60(6,7)8)41-52-37-55(61(9,10)11)58(65)56(38-52)62(12,13)14/h15-30,32,36-38,42,64-65H,31,33-35,39-41H2,1-14H3. The molecule has 6 aromatic carbocycles. The molecule has 0 bridgehead atoms. The molecule has 1 atom stereocenters. The summed E-state index contributed by atoms with van der Waals surface area (Å²) in [5.74, 6) is 1.47. The number of aryl methyl sites for hydroxylation is 1. The van der Waals surface area contributed by atoms with Gasteiger partial charge in [-0.1, -0.05) is 181 Å². The average molecular weight is 870 g/mol. The molecule has 0 aromatic heterocycles. The highest BCUT2D eigenvalue weighted by molar-refractivity contribution is 5.55. The lowest BCUT2D eigenvalue weighted by Crippen LogP contribution is -2.24. The van der Waals surface area contributed by atoms with Gasteiger partial charge in [-0.15, -0.1) is 0 Å². The molecule has 0 saturated carbocycles. The lowest BCUT2D eigenvalue weighted by Gasteiger charge is -2.31. The largest absolute Gasteiger partial charge is 0.507 e. The third-order valence-corrected chi connectivity index (χ3v) is 12.8. The van der Waals surface area contributed by atoms with E-state index in [2.05, 4.69) is 216 Å². The normalized spacial score (nSPS) is 13.0. The van der Waals surface area contributed by atoms with Crippen LogP contribution in [0.3, 0.4) is 0 Å². The predicted octanol–water partition coefficient (Wildman–Crippen LogP) is 15.9. The Morgan fingerprint density at radius 2 is 0.723 bits per heavy atom. The molecule has 3 heteroatoms. The van der Waals surface area contributed by atoms with Gasteiger partial charge in [-0.05, 0) is 169 Å². The van der Waals surface area contributed by atoms with Gasteiger partial charge < -0.3 is 15.1 Å². The fourth-order valence-corrected chi connectivity index (χ4v) is 9.52. The summed E-state index contributed by atoms with van der Waals surface area (Å²) in [5.41, 5.74) is 16.4. The molecule has 1 unspecified atom stereocenters. The van der Waals surface area contributed by atoms with Crippen molar-refractivity contribution in [1.82, 2.24) is 0 Å². The van der Waals surface area contributed by atoms with Crippen LogP contribution in [0.2, 0.25) is 0 Å². The van der Waals surface area contributed by atoms with E-state index in [1.54, 1.807) is 0 Å². The molecule has 3 nitrogen and oxygen atoms in total. The number of hydrogen-bond donors (Lipinski definition) is 2. The second-order valence-electron chi connectivity index (χ2n) is 23.7. The highest BCUT2D eigenvalue weighted by atomic mass is 16.3. The molecular weight excluding hydrogens is 791 g/mol. The molecule has 6 aromatic rings. The van der Waals surface area contributed by atoms with E-state index in [1.807, 2.05) is 6.92 Å². The van der Waals surface area contributed by atoms with Crippen LogP contribution in [-0.4, -0.2) is 10.2 Å². The molecule has 0 saturated heterocycles. The van der Waals surface area contributed by atoms with Crippen LogP contribution in [-0.2, 0) is 55.0 Å². The fraction of sp³-hybridized carbons (Fsp3) is 0.419. The summed E-state index contributed by atoms with van der Waals surface area (Å²) in [6.07, 6.45) is 5.12. The van der Waals surface area contributed by atoms with E-state index in [0.717, 1.165) is 59.2 Å². The zero-order valence-corrected chi connectivity index (χ0v) is 42.4. The Morgan fingerprint density at radius 3 is 1.06 bits per heavy atom. The number of rotatable bonds is 14. The minimum absolute atomic E-state index is 0.194. The number of phenols is 2. The molecule has 0 aliphatic rings. The third kappa shape index (κ3) is 13.6. The Labute approximate surface area is 394 Å². The minimum atomic E-state index is -0.217. The van der Waals surface area contributed by atoms with Gasteiger partial charge in [0.15, 0.2) is 0 Å². The van der Waals surface area contributed by atoms with E-state index in [0.29, 0.717) is 35.9 Å². The van der Waals surface area contributed by atoms with Crippen molar-refractivity contribution < 1.29 is 10.2 Å². The van der Waals surface area contributed by atoms with Crippen LogP contribution in [0.15, 0.2) is 121 Å². The lowest BCUT2D eigenvalue weighted by atomic mass is 9.78. The predicted molar refractivity (Wildman–Crippen MR) is 278 cm³/mol. The van der Waals surface area contributed by atoms with Crippen LogP contribution in [0.4, 0.5) is 5.69 Å². The van der Waals surface area contributed by atoms with Crippen molar-refractivity contribution >= 4 is 5.69 Å². The van der Waals surface area contributed by atoms with Gasteiger partial charge in [0.1, 0.15) is 11.5 Å². The maximum Gasteiger partial charge on any atom is 0.123 e. The van der Waals surface area contributed by atoms with Gasteiger partial charge in [-0.3, -0.25) is 0 Å². The summed E-state index contributed by atoms with van der Waals surface area (Å²) in [6, 6.07) is 45.3. The molecule has 0 amide bonds. The molecule has 2 N–H and O–H groups in total. The SMILES string of the molecule is Cc1cc(CN(Cc2cc(C(C)(C)C)c(O)c(C(C)(C)C)c2)c2ccc(Cc3ccc(Cc4ccc(Cc5ccc(CC(C)CC(C)(C)C)cc5)cc4)cc3)cc2)cc(C(C)(C)C)c1O. The second kappa shape index (κ2) is 19.7. The van der Waals surface area contributed by atoms with Crippen molar-refractivity contribution in [1.29, 1.82) is 0 Å². The Kier molecular flexibility index (Phi) is 14.9. The molecule has 0 radical (unpaired) electrons. The monoisotopic (exact) mass is 870 g/mol. The highest BCUT2D eigenvalue weighted by Crippen LogP contribution is 2.41. The summed E-state index contributed by atoms with van der Waals surface area (Å²) in [6.45, 7) is 32.2. The van der Waals surface area contributed by atoms with Crippen LogP contribution < -0.4 is 4.90 Å². The van der Waals surface area contributed by atoms with Crippen LogP contribution >= 0.6 is 0 Å². The van der Waals surface area contributed by atoms with E-state index in [4.69, 9.17) is 0 Å². The van der Waals surface area contributed by atoms with Crippen molar-refractivity contribution in [3.8, 4) is 11.5 Å². The molecule has 0 aliphatic heterocycles. The summed E-state index contributed by atoms with van der Waals surface area (Å²) < 4.78 is 0. The maximum atomic E-state index is 11.5. The Balaban J connectivity index is 1.14. The fourth-order valence-electron chi connectivity index (χ4n) is 9.52. The van der Waals surface area contributed by atoms with Gasteiger partial charge in [0.2, 0.25) is 0 Å². The number of anilines is 1. The van der Waals surface area contributed by atoms with E-state index in [9.17, 15) is 10.2 Å². The number of nitrogens with zero attached hydrogens (tertiary/aromatic N) is 1. The molecular formula is C62H79NO2. The molecule has 0 aliphatic carbocycles. The zero-order chi connectivity index (χ0) is 47.5. The quantitative estimate of drug-likeness (QED) is 0.115. The average Bonchev–Trinajstić information content (AvgIpc) is 3.20. The van der Waals surface area contributed by atoms with Crippen LogP contribution in [0.25, 0.3) is 0 Å². The molecule has 6 rings (SSSR count). The van der Waals surface area contributed by atoms with Crippen LogP contribution in [0, 0.1) is 18.3 Å². The van der Waals surface area contributed by atoms with Crippen LogP contribution in [0.1, 0.15) is 169 Å². The molecule has 0 spiro atoms. The number of hydrogen-bond acceptors (Lipinski definition) is 3. The van der Waals surface area contributed by atoms with Gasteiger partial charge in [-0.25, -0.2) is 0 Å². The molecule has 0 fully saturated rings. The molecule has 65 heavy (non-hydrogen) atoms. The number of phenolic OH excluding ortho intramolecular Hbond substituents is 2. The van der Waals surface area contributed by atoms with Crippen molar-refractivity contribution in [2.75, 3.05) is 4.90 Å². The second-order valence-corrected chi connectivity index (χ2v) is 23.7. The van der Waals surface area contributed by atoms with E-state index >= 15 is 0 Å². The number of benzene rings is 6. The number of aromatic hydroxyl groups is 2. The summed E-state index contributed by atoms with van der Waals surface area (Å²) in [5, 5.41) is 22.6. The van der Waals surface area contributed by atoms with Crippen molar-refractivity contribution in [3.63, 3.8) is 0 Å². The summed E-state index contributed by atoms with van der Waals surface area (Å²) >= 11 is 0. The van der Waals surface area contributed by atoms with Crippen molar-refractivity contribution in [2.45, 2.75) is 158 Å². The zero-order valence-electron chi connectivity index (χ0n) is 42.4. The van der Waals surface area contributed by atoms with E-state index in [1.165, 1.54) is 50.9 Å². The minimum Gasteiger partial charge on any atom is -0.507 e. The summed E-state index contributed by atoms with van der Waals surface area (Å²) in [4.78, 5) is 2.43. The molecule has 0 heterocycles. The van der Waals surface area contributed by atoms with Gasteiger partial charge in [0.25, 0.3) is 0 Å². The van der Waals surface area contributed by atoms with Gasteiger partial charge in [0.05, 0.1) is 0 Å². The van der Waals surface area contributed by atoms with Gasteiger partial charge >= 0.3 is 0 Å². The van der Waals surface area contributed by atoms with Gasteiger partial charge in [-0.2, -0.15) is 0 Å². The highest BCUT2D eigenvalue weighted by Gasteiger charge is 2.28. The Bertz CT molecular complexity index is 2460. The molecule has 344 valence electrons. The first-order chi connectivity index (χ1) is 30.3. The Hall–Kier alpha value is -5.28. The smallest absolute Gasteiger partial charge is 0.123 e. The third-order valence-electron chi connectivity index (χ3n) is 12.8. The van der Waals surface area contributed by atoms with Crippen molar-refractivity contribution in [2.24, 2.45) is 11.3 Å². The van der Waals surface area contributed by atoms with Crippen molar-refractivity contribution in [3.05, 3.63) is 194 Å². The summed E-state index contributed by atoms with van der Waals surface area (Å²) in [7, 11) is 0. The van der Waals surface area contributed by atoms with Gasteiger partial charge in [0, 0.05) is 18.8 Å². The topological polar surface area (TPSA) is 43.7 Å². The lowest BCUT2D eigenvalue weighted by molar-refractivity contribution is 0.306. The van der Waals surface area contributed by atoms with E-state index in [-0.39, 0.29) is 16.2 Å². The first-order valence-corrected chi connectivity index (χ1v) is 24.1. The first-order valence-electron chi connectivity index (χ1n) is 24.1. The first kappa shape index (κ1) is 49.2. The Morgan fingerprint density at radius 1 is 0.415 bits per heavy atom. The maximum absolute atomic E-state index is 11.5. The van der Waals surface area contributed by atoms with Crippen LogP contribution in [0.5, 0.6) is 11.5 Å².